The molecule has 2 aromatic carbocycles. The number of carbonyl (C=O) groups is 2. The quantitative estimate of drug-likeness (QED) is 0.569. The molecular formula is C24H30N2O4. The smallest absolute Gasteiger partial charge is 0.255 e. The Morgan fingerprint density at radius 3 is 2.60 bits per heavy atom. The predicted octanol–water partition coefficient (Wildman–Crippen LogP) is 4.42. The van der Waals surface area contributed by atoms with Crippen LogP contribution in [0.5, 0.6) is 5.75 Å². The van der Waals surface area contributed by atoms with E-state index in [9.17, 15) is 9.59 Å². The monoisotopic (exact) mass is 410 g/mol. The van der Waals surface area contributed by atoms with Crippen LogP contribution in [0, 0.1) is 0 Å². The zero-order chi connectivity index (χ0) is 21.2. The Bertz CT molecular complexity index is 829. The number of hydrogen-bond donors (Lipinski definition) is 2. The Morgan fingerprint density at radius 1 is 1.07 bits per heavy atom. The highest BCUT2D eigenvalue weighted by Crippen LogP contribution is 2.19. The third kappa shape index (κ3) is 6.32. The summed E-state index contributed by atoms with van der Waals surface area (Å²) in [6.45, 7) is 4.05. The molecule has 3 rings (SSSR count). The van der Waals surface area contributed by atoms with Gasteiger partial charge in [-0.2, -0.15) is 0 Å². The number of rotatable bonds is 10. The zero-order valence-corrected chi connectivity index (χ0v) is 17.5. The summed E-state index contributed by atoms with van der Waals surface area (Å²) in [7, 11) is 0. The van der Waals surface area contributed by atoms with Crippen molar-refractivity contribution in [2.45, 2.75) is 45.1 Å². The van der Waals surface area contributed by atoms with Crippen LogP contribution in [0.4, 0.5) is 5.69 Å². The van der Waals surface area contributed by atoms with Crippen LogP contribution < -0.4 is 15.4 Å². The van der Waals surface area contributed by atoms with Gasteiger partial charge in [0.2, 0.25) is 0 Å². The number of nitrogens with one attached hydrogen (secondary N) is 2. The lowest BCUT2D eigenvalue weighted by molar-refractivity contribution is 0.0858. The Morgan fingerprint density at radius 2 is 1.87 bits per heavy atom. The highest BCUT2D eigenvalue weighted by Gasteiger charge is 2.18. The maximum atomic E-state index is 12.7. The van der Waals surface area contributed by atoms with E-state index in [1.54, 1.807) is 48.5 Å². The molecule has 1 aliphatic heterocycles. The molecule has 2 aromatic rings. The third-order valence-electron chi connectivity index (χ3n) is 5.07. The van der Waals surface area contributed by atoms with Gasteiger partial charge in [0.25, 0.3) is 11.8 Å². The van der Waals surface area contributed by atoms with E-state index < -0.39 is 0 Å². The molecular weight excluding hydrogens is 380 g/mol. The molecule has 2 N–H and O–H groups in total. The first-order valence-corrected chi connectivity index (χ1v) is 10.7. The van der Waals surface area contributed by atoms with Crippen molar-refractivity contribution in [3.05, 3.63) is 59.7 Å². The van der Waals surface area contributed by atoms with Crippen molar-refractivity contribution in [1.82, 2.24) is 5.32 Å². The van der Waals surface area contributed by atoms with Gasteiger partial charge < -0.3 is 20.1 Å². The molecule has 30 heavy (non-hydrogen) atoms. The molecule has 6 nitrogen and oxygen atoms in total. The Hall–Kier alpha value is -2.86. The number of para-hydroxylation sites is 1. The SMILES string of the molecule is CCCCCOc1ccc(C(=O)Nc2ccccc2C(=O)NC[C@@H]2CCCO2)cc1. The summed E-state index contributed by atoms with van der Waals surface area (Å²) in [6, 6.07) is 14.0. The second-order valence-electron chi connectivity index (χ2n) is 7.42. The van der Waals surface area contributed by atoms with E-state index in [2.05, 4.69) is 17.6 Å². The van der Waals surface area contributed by atoms with Gasteiger partial charge in [0.15, 0.2) is 0 Å². The summed E-state index contributed by atoms with van der Waals surface area (Å²) in [6.07, 6.45) is 5.35. The Kier molecular flexibility index (Phi) is 8.27. The number of amides is 2. The van der Waals surface area contributed by atoms with E-state index in [-0.39, 0.29) is 17.9 Å². The predicted molar refractivity (Wildman–Crippen MR) is 117 cm³/mol. The molecule has 160 valence electrons. The number of carbonyl (C=O) groups excluding carboxylic acids is 2. The van der Waals surface area contributed by atoms with Crippen molar-refractivity contribution in [2.24, 2.45) is 0 Å². The number of ether oxygens (including phenoxy) is 2. The molecule has 0 aliphatic carbocycles. The topological polar surface area (TPSA) is 76.7 Å². The van der Waals surface area contributed by atoms with Gasteiger partial charge in [0.1, 0.15) is 5.75 Å². The van der Waals surface area contributed by atoms with Gasteiger partial charge in [-0.25, -0.2) is 0 Å². The van der Waals surface area contributed by atoms with Crippen LogP contribution >= 0.6 is 0 Å². The lowest BCUT2D eigenvalue weighted by Gasteiger charge is -2.14. The molecule has 0 unspecified atom stereocenters. The first-order chi connectivity index (χ1) is 14.7. The summed E-state index contributed by atoms with van der Waals surface area (Å²) >= 11 is 0. The van der Waals surface area contributed by atoms with Crippen LogP contribution in [-0.4, -0.2) is 37.7 Å². The van der Waals surface area contributed by atoms with Crippen LogP contribution in [0.25, 0.3) is 0 Å². The van der Waals surface area contributed by atoms with Crippen molar-refractivity contribution in [3.8, 4) is 5.75 Å². The highest BCUT2D eigenvalue weighted by molar-refractivity contribution is 6.09. The lowest BCUT2D eigenvalue weighted by atomic mass is 10.1. The van der Waals surface area contributed by atoms with E-state index in [0.717, 1.165) is 44.5 Å². The number of benzene rings is 2. The first kappa shape index (κ1) is 21.8. The highest BCUT2D eigenvalue weighted by atomic mass is 16.5. The van der Waals surface area contributed by atoms with Crippen molar-refractivity contribution < 1.29 is 19.1 Å². The normalized spacial score (nSPS) is 15.6. The number of unbranched alkanes of at least 4 members (excludes halogenated alkanes) is 2. The van der Waals surface area contributed by atoms with Crippen molar-refractivity contribution in [2.75, 3.05) is 25.1 Å². The minimum Gasteiger partial charge on any atom is -0.494 e. The molecule has 0 bridgehead atoms. The van der Waals surface area contributed by atoms with E-state index in [1.807, 2.05) is 0 Å². The molecule has 1 fully saturated rings. The summed E-state index contributed by atoms with van der Waals surface area (Å²) < 4.78 is 11.2. The van der Waals surface area contributed by atoms with E-state index in [4.69, 9.17) is 9.47 Å². The fourth-order valence-electron chi connectivity index (χ4n) is 3.34. The van der Waals surface area contributed by atoms with Gasteiger partial charge in [-0.05, 0) is 55.7 Å². The Balaban J connectivity index is 1.57. The maximum absolute atomic E-state index is 12.7. The maximum Gasteiger partial charge on any atom is 0.255 e. The molecule has 1 saturated heterocycles. The van der Waals surface area contributed by atoms with Crippen LogP contribution in [0.3, 0.4) is 0 Å². The standard InChI is InChI=1S/C24H30N2O4/c1-2-3-6-15-29-19-13-11-18(12-14-19)23(27)26-22-10-5-4-9-21(22)24(28)25-17-20-8-7-16-30-20/h4-5,9-14,20H,2-3,6-8,15-17H2,1H3,(H,25,28)(H,26,27)/t20-/m0/s1. The zero-order valence-electron chi connectivity index (χ0n) is 17.5. The average Bonchev–Trinajstić information content (AvgIpc) is 3.29. The van der Waals surface area contributed by atoms with E-state index in [0.29, 0.717) is 30.0 Å². The average molecular weight is 411 g/mol. The van der Waals surface area contributed by atoms with Gasteiger partial charge in [-0.3, -0.25) is 9.59 Å². The van der Waals surface area contributed by atoms with Gasteiger partial charge in [0.05, 0.1) is 24.0 Å². The van der Waals surface area contributed by atoms with Crippen LogP contribution in [0.15, 0.2) is 48.5 Å². The summed E-state index contributed by atoms with van der Waals surface area (Å²) in [5, 5.41) is 5.74. The van der Waals surface area contributed by atoms with Gasteiger partial charge >= 0.3 is 0 Å². The van der Waals surface area contributed by atoms with Crippen LogP contribution in [0.2, 0.25) is 0 Å². The molecule has 1 atom stereocenters. The molecule has 1 aliphatic rings. The summed E-state index contributed by atoms with van der Waals surface area (Å²) in [5.74, 6) is 0.251. The van der Waals surface area contributed by atoms with Crippen molar-refractivity contribution >= 4 is 17.5 Å². The molecule has 0 spiro atoms. The van der Waals surface area contributed by atoms with Crippen molar-refractivity contribution in [3.63, 3.8) is 0 Å². The molecule has 0 radical (unpaired) electrons. The third-order valence-corrected chi connectivity index (χ3v) is 5.07. The first-order valence-electron chi connectivity index (χ1n) is 10.7. The largest absolute Gasteiger partial charge is 0.494 e. The fraction of sp³-hybridized carbons (Fsp3) is 0.417. The fourth-order valence-corrected chi connectivity index (χ4v) is 3.34. The minimum atomic E-state index is -0.271. The Labute approximate surface area is 178 Å². The van der Waals surface area contributed by atoms with Gasteiger partial charge in [-0.1, -0.05) is 31.9 Å². The van der Waals surface area contributed by atoms with Crippen molar-refractivity contribution in [1.29, 1.82) is 0 Å². The minimum absolute atomic E-state index is 0.0680. The lowest BCUT2D eigenvalue weighted by Crippen LogP contribution is -2.32. The van der Waals surface area contributed by atoms with Crippen LogP contribution in [0.1, 0.15) is 59.7 Å². The molecule has 0 saturated carbocycles. The second kappa shape index (κ2) is 11.4. The molecule has 6 heteroatoms. The molecule has 1 heterocycles. The number of anilines is 1. The van der Waals surface area contributed by atoms with Gasteiger partial charge in [-0.15, -0.1) is 0 Å². The van der Waals surface area contributed by atoms with E-state index >= 15 is 0 Å². The molecule has 0 aromatic heterocycles. The van der Waals surface area contributed by atoms with E-state index in [1.165, 1.54) is 0 Å². The van der Waals surface area contributed by atoms with Gasteiger partial charge in [0, 0.05) is 18.7 Å². The summed E-state index contributed by atoms with van der Waals surface area (Å²) in [5.41, 5.74) is 1.41. The number of hydrogen-bond acceptors (Lipinski definition) is 4. The summed E-state index contributed by atoms with van der Waals surface area (Å²) in [4.78, 5) is 25.3. The second-order valence-corrected chi connectivity index (χ2v) is 7.42. The van der Waals surface area contributed by atoms with Crippen LogP contribution in [-0.2, 0) is 4.74 Å². The molecule has 2 amide bonds.